The van der Waals surface area contributed by atoms with Crippen LogP contribution in [0.5, 0.6) is 0 Å². The fourth-order valence-corrected chi connectivity index (χ4v) is 2.38. The van der Waals surface area contributed by atoms with Crippen LogP contribution in [0.15, 0.2) is 46.9 Å². The number of hydrogen-bond donors (Lipinski definition) is 1. The van der Waals surface area contributed by atoms with Gasteiger partial charge in [0, 0.05) is 5.69 Å². The molecule has 0 unspecified atom stereocenters. The molecular weight excluding hydrogens is 260 g/mol. The van der Waals surface area contributed by atoms with Crippen LogP contribution in [0, 0.1) is 0 Å². The van der Waals surface area contributed by atoms with Crippen LogP contribution in [0.3, 0.4) is 0 Å². The molecular formula is C18H20N2O. The van der Waals surface area contributed by atoms with Crippen LogP contribution in [0.25, 0.3) is 11.1 Å². The second-order valence-corrected chi connectivity index (χ2v) is 6.42. The minimum absolute atomic E-state index is 0.108. The van der Waals surface area contributed by atoms with Crippen molar-refractivity contribution in [3.05, 3.63) is 59.5 Å². The van der Waals surface area contributed by atoms with Crippen molar-refractivity contribution in [3.8, 4) is 0 Å². The van der Waals surface area contributed by atoms with Crippen molar-refractivity contribution in [2.75, 3.05) is 5.73 Å². The van der Waals surface area contributed by atoms with E-state index in [0.717, 1.165) is 22.4 Å². The Hall–Kier alpha value is -2.29. The molecule has 0 aliphatic heterocycles. The molecule has 0 atom stereocenters. The number of benzene rings is 2. The summed E-state index contributed by atoms with van der Waals surface area (Å²) in [6.07, 6.45) is 0.617. The molecule has 3 heteroatoms. The minimum Gasteiger partial charge on any atom is -0.440 e. The van der Waals surface area contributed by atoms with Gasteiger partial charge in [-0.3, -0.25) is 0 Å². The Morgan fingerprint density at radius 2 is 1.86 bits per heavy atom. The molecule has 21 heavy (non-hydrogen) atoms. The Balaban J connectivity index is 1.96. The summed E-state index contributed by atoms with van der Waals surface area (Å²) in [6, 6.07) is 14.0. The summed E-state index contributed by atoms with van der Waals surface area (Å²) in [5.41, 5.74) is 10.9. The lowest BCUT2D eigenvalue weighted by atomic mass is 9.87. The van der Waals surface area contributed by atoms with Gasteiger partial charge in [0.15, 0.2) is 11.5 Å². The van der Waals surface area contributed by atoms with Gasteiger partial charge in [-0.15, -0.1) is 0 Å². The molecule has 1 heterocycles. The number of para-hydroxylation sites is 1. The van der Waals surface area contributed by atoms with Crippen LogP contribution in [-0.4, -0.2) is 4.98 Å². The van der Waals surface area contributed by atoms with E-state index in [1.165, 1.54) is 5.56 Å². The Morgan fingerprint density at radius 1 is 1.10 bits per heavy atom. The van der Waals surface area contributed by atoms with Crippen molar-refractivity contribution >= 4 is 16.8 Å². The molecule has 3 rings (SSSR count). The Morgan fingerprint density at radius 3 is 2.57 bits per heavy atom. The quantitative estimate of drug-likeness (QED) is 0.712. The van der Waals surface area contributed by atoms with Gasteiger partial charge in [0.25, 0.3) is 0 Å². The smallest absolute Gasteiger partial charge is 0.199 e. The highest BCUT2D eigenvalue weighted by atomic mass is 16.3. The third-order valence-electron chi connectivity index (χ3n) is 3.69. The van der Waals surface area contributed by atoms with E-state index >= 15 is 0 Å². The Labute approximate surface area is 124 Å². The van der Waals surface area contributed by atoms with Crippen LogP contribution in [0.4, 0.5) is 5.69 Å². The van der Waals surface area contributed by atoms with E-state index in [-0.39, 0.29) is 5.41 Å². The number of rotatable bonds is 2. The molecule has 0 amide bonds. The van der Waals surface area contributed by atoms with Crippen LogP contribution in [0.2, 0.25) is 0 Å². The zero-order valence-electron chi connectivity index (χ0n) is 12.7. The van der Waals surface area contributed by atoms with Crippen molar-refractivity contribution in [2.24, 2.45) is 0 Å². The van der Waals surface area contributed by atoms with Gasteiger partial charge in [-0.1, -0.05) is 45.0 Å². The Bertz CT molecular complexity index is 781. The highest BCUT2D eigenvalue weighted by Crippen LogP contribution is 2.27. The third kappa shape index (κ3) is 2.77. The molecule has 3 nitrogen and oxygen atoms in total. The van der Waals surface area contributed by atoms with Crippen molar-refractivity contribution in [1.82, 2.24) is 4.98 Å². The van der Waals surface area contributed by atoms with Crippen LogP contribution in [-0.2, 0) is 11.8 Å². The van der Waals surface area contributed by atoms with E-state index < -0.39 is 0 Å². The first kappa shape index (κ1) is 13.7. The van der Waals surface area contributed by atoms with Gasteiger partial charge in [0.2, 0.25) is 0 Å². The summed E-state index contributed by atoms with van der Waals surface area (Å²) in [6.45, 7) is 6.58. The number of nitrogens with zero attached hydrogens (tertiary/aromatic N) is 1. The maximum atomic E-state index is 5.97. The van der Waals surface area contributed by atoms with Gasteiger partial charge in [0.1, 0.15) is 5.52 Å². The lowest BCUT2D eigenvalue weighted by Gasteiger charge is -2.18. The molecule has 0 aliphatic rings. The number of oxazole rings is 1. The molecule has 0 bridgehead atoms. The fraction of sp³-hybridized carbons (Fsp3) is 0.278. The molecule has 3 aromatic rings. The minimum atomic E-state index is 0.108. The standard InChI is InChI=1S/C18H20N2O/c1-18(2,3)13-8-9-16-15(11-13)20-17(21-16)10-12-6-4-5-7-14(12)19/h4-9,11H,10,19H2,1-3H3. The summed E-state index contributed by atoms with van der Waals surface area (Å²) >= 11 is 0. The predicted octanol–water partition coefficient (Wildman–Crippen LogP) is 4.30. The van der Waals surface area contributed by atoms with Gasteiger partial charge in [-0.05, 0) is 34.7 Å². The number of anilines is 1. The number of nitrogen functional groups attached to an aromatic ring is 1. The van der Waals surface area contributed by atoms with Crippen molar-refractivity contribution < 1.29 is 4.42 Å². The van der Waals surface area contributed by atoms with Gasteiger partial charge in [0.05, 0.1) is 6.42 Å². The normalized spacial score (nSPS) is 12.0. The zero-order chi connectivity index (χ0) is 15.0. The van der Waals surface area contributed by atoms with E-state index in [2.05, 4.69) is 37.9 Å². The number of nitrogens with two attached hydrogens (primary N) is 1. The van der Waals surface area contributed by atoms with Crippen molar-refractivity contribution in [3.63, 3.8) is 0 Å². The molecule has 0 spiro atoms. The van der Waals surface area contributed by atoms with Gasteiger partial charge >= 0.3 is 0 Å². The molecule has 0 saturated carbocycles. The third-order valence-corrected chi connectivity index (χ3v) is 3.69. The lowest BCUT2D eigenvalue weighted by molar-refractivity contribution is 0.544. The first-order chi connectivity index (χ1) is 9.93. The van der Waals surface area contributed by atoms with Gasteiger partial charge in [-0.2, -0.15) is 0 Å². The van der Waals surface area contributed by atoms with E-state index in [4.69, 9.17) is 10.2 Å². The topological polar surface area (TPSA) is 52.0 Å². The van der Waals surface area contributed by atoms with Crippen LogP contribution < -0.4 is 5.73 Å². The van der Waals surface area contributed by atoms with Crippen molar-refractivity contribution in [2.45, 2.75) is 32.6 Å². The number of aromatic nitrogens is 1. The number of hydrogen-bond acceptors (Lipinski definition) is 3. The highest BCUT2D eigenvalue weighted by Gasteiger charge is 2.16. The summed E-state index contributed by atoms with van der Waals surface area (Å²) in [4.78, 5) is 4.60. The van der Waals surface area contributed by atoms with E-state index in [1.807, 2.05) is 30.3 Å². The van der Waals surface area contributed by atoms with Crippen LogP contribution in [0.1, 0.15) is 37.8 Å². The van der Waals surface area contributed by atoms with E-state index in [1.54, 1.807) is 0 Å². The summed E-state index contributed by atoms with van der Waals surface area (Å²) in [5, 5.41) is 0. The van der Waals surface area contributed by atoms with Crippen LogP contribution >= 0.6 is 0 Å². The largest absolute Gasteiger partial charge is 0.440 e. The SMILES string of the molecule is CC(C)(C)c1ccc2oc(Cc3ccccc3N)nc2c1. The average Bonchev–Trinajstić information content (AvgIpc) is 2.81. The maximum Gasteiger partial charge on any atom is 0.199 e. The Kier molecular flexibility index (Phi) is 3.20. The average molecular weight is 280 g/mol. The van der Waals surface area contributed by atoms with Crippen molar-refractivity contribution in [1.29, 1.82) is 0 Å². The first-order valence-corrected chi connectivity index (χ1v) is 7.17. The first-order valence-electron chi connectivity index (χ1n) is 7.17. The molecule has 1 aromatic heterocycles. The molecule has 108 valence electrons. The monoisotopic (exact) mass is 280 g/mol. The van der Waals surface area contributed by atoms with Gasteiger partial charge in [-0.25, -0.2) is 4.98 Å². The zero-order valence-corrected chi connectivity index (χ0v) is 12.7. The lowest BCUT2D eigenvalue weighted by Crippen LogP contribution is -2.10. The molecule has 0 fully saturated rings. The fourth-order valence-electron chi connectivity index (χ4n) is 2.38. The molecule has 0 radical (unpaired) electrons. The summed E-state index contributed by atoms with van der Waals surface area (Å²) < 4.78 is 5.83. The molecule has 0 aliphatic carbocycles. The van der Waals surface area contributed by atoms with E-state index in [9.17, 15) is 0 Å². The molecule has 0 saturated heterocycles. The highest BCUT2D eigenvalue weighted by molar-refractivity contribution is 5.74. The maximum absolute atomic E-state index is 5.97. The summed E-state index contributed by atoms with van der Waals surface area (Å²) in [5.74, 6) is 0.703. The van der Waals surface area contributed by atoms with Gasteiger partial charge < -0.3 is 10.2 Å². The number of fused-ring (bicyclic) bond motifs is 1. The second-order valence-electron chi connectivity index (χ2n) is 6.42. The molecule has 2 aromatic carbocycles. The predicted molar refractivity (Wildman–Crippen MR) is 86.4 cm³/mol. The van der Waals surface area contributed by atoms with E-state index in [0.29, 0.717) is 12.3 Å². The summed E-state index contributed by atoms with van der Waals surface area (Å²) in [7, 11) is 0. The molecule has 2 N–H and O–H groups in total. The second kappa shape index (κ2) is 4.92.